The van der Waals surface area contributed by atoms with E-state index >= 15 is 24.0 Å². The topological polar surface area (TPSA) is 444 Å². The second-order valence-corrected chi connectivity index (χ2v) is 26.4. The van der Waals surface area contributed by atoms with Crippen molar-refractivity contribution in [2.24, 2.45) is 17.4 Å². The molecule has 6 aromatic rings. The molecule has 0 saturated carbocycles. The number of fused-ring (bicyclic) bond motifs is 3. The Kier molecular flexibility index (Phi) is 25.7. The molecule has 4 heterocycles. The van der Waals surface area contributed by atoms with Gasteiger partial charge >= 0.3 is 0 Å². The van der Waals surface area contributed by atoms with Crippen LogP contribution >= 0.6 is 0 Å². The van der Waals surface area contributed by atoms with Crippen molar-refractivity contribution in [1.29, 1.82) is 5.41 Å². The van der Waals surface area contributed by atoms with Gasteiger partial charge < -0.3 is 84.5 Å². The van der Waals surface area contributed by atoms with Crippen molar-refractivity contribution in [2.75, 3.05) is 26.2 Å². The first-order chi connectivity index (χ1) is 49.3. The fraction of sp³-hybridized carbons (Fsp3) is 0.384. The van der Waals surface area contributed by atoms with E-state index in [0.717, 1.165) is 22.9 Å². The van der Waals surface area contributed by atoms with E-state index in [1.807, 2.05) is 36.4 Å². The van der Waals surface area contributed by atoms with E-state index in [-0.39, 0.29) is 88.6 Å². The van der Waals surface area contributed by atoms with Gasteiger partial charge in [-0.1, -0.05) is 111 Å². The zero-order valence-corrected chi connectivity index (χ0v) is 57.2. The largest absolute Gasteiger partial charge is 0.508 e. The van der Waals surface area contributed by atoms with Crippen LogP contribution in [-0.2, 0) is 83.2 Å². The molecule has 12 amide bonds. The zero-order chi connectivity index (χ0) is 74.0. The first-order valence-corrected chi connectivity index (χ1v) is 34.1. The Hall–Kier alpha value is -11.7. The molecular formula is C73H87FN16O13. The Bertz CT molecular complexity index is 4190. The van der Waals surface area contributed by atoms with Crippen LogP contribution in [0.3, 0.4) is 0 Å². The van der Waals surface area contributed by atoms with Gasteiger partial charge in [-0.2, -0.15) is 0 Å². The maximum absolute atomic E-state index is 15.5. The number of para-hydroxylation sites is 1. The molecule has 2 saturated heterocycles. The van der Waals surface area contributed by atoms with E-state index in [2.05, 4.69) is 58.2 Å². The highest BCUT2D eigenvalue weighted by molar-refractivity contribution is 6.01. The standard InChI is InChI=1S/C73H87FN16O13/c1-40(2)31-53-64(95)81-52(15-8-28-78-73(76)77)72(103)90-30-10-17-61(90)71(102)88-59(63(75)94)39-80-62(93)37-58(69(100)83-54(34-43-21-26-49(92)27-22-43)65(96)84-56(67(98)82-53)35-44-18-23-45-11-4-5-12-46(45)32-44)86-68(99)57(36-47-38-79-51-14-7-6-13-50(47)51)85-66(97)55(33-42-19-24-48(74)25-20-42)87-70(101)60-16-9-29-89(60)41(3)91/h4-7,9,11-14,16,18-27,32,38,40,52-61,79,92H,8,10,15,17,28-31,33-37,39H2,1-3H3,(H2,75,94)(H,80,93)(H,81,95)(H,82,98)(H,83,100)(H,84,96)(H,85,97)(H,86,99)(H,87,101)(H,88,102)(H4,76,77,78)/t52-,53-,54-,55-,56-,57+,58-,59?,60-,61-/m0/s1. The number of guanidine groups is 1. The molecule has 3 aliphatic heterocycles. The van der Waals surface area contributed by atoms with Crippen molar-refractivity contribution < 1.29 is 67.0 Å². The third-order valence-electron chi connectivity index (χ3n) is 18.2. The number of nitrogens with two attached hydrogens (primary N) is 2. The van der Waals surface area contributed by atoms with Gasteiger partial charge in [0, 0.05) is 75.9 Å². The number of phenols is 1. The molecule has 29 nitrogen and oxygen atoms in total. The lowest BCUT2D eigenvalue weighted by Gasteiger charge is -2.31. The van der Waals surface area contributed by atoms with Gasteiger partial charge in [-0.25, -0.2) is 4.39 Å². The fourth-order valence-corrected chi connectivity index (χ4v) is 12.8. The van der Waals surface area contributed by atoms with Crippen molar-refractivity contribution in [3.8, 4) is 5.75 Å². The summed E-state index contributed by atoms with van der Waals surface area (Å²) in [5.74, 6) is -12.2. The molecule has 9 rings (SSSR count). The number of primary amides is 1. The average molecular weight is 1420 g/mol. The van der Waals surface area contributed by atoms with Gasteiger partial charge in [0.1, 0.15) is 72.0 Å². The summed E-state index contributed by atoms with van der Waals surface area (Å²) in [5.41, 5.74) is 13.8. The Balaban J connectivity index is 1.11. The van der Waals surface area contributed by atoms with Crippen LogP contribution in [-0.4, -0.2) is 183 Å². The van der Waals surface area contributed by atoms with E-state index < -0.39 is 150 Å². The van der Waals surface area contributed by atoms with E-state index in [1.165, 1.54) is 59.2 Å². The summed E-state index contributed by atoms with van der Waals surface area (Å²) >= 11 is 0. The first-order valence-electron chi connectivity index (χ1n) is 34.1. The second-order valence-electron chi connectivity index (χ2n) is 26.4. The highest BCUT2D eigenvalue weighted by Crippen LogP contribution is 2.24. The number of nitrogens with zero attached hydrogens (tertiary/aromatic N) is 2. The van der Waals surface area contributed by atoms with Gasteiger partial charge in [0.2, 0.25) is 70.9 Å². The van der Waals surface area contributed by atoms with E-state index in [1.54, 1.807) is 56.5 Å². The summed E-state index contributed by atoms with van der Waals surface area (Å²) in [4.78, 5) is 181. The third kappa shape index (κ3) is 20.7. The summed E-state index contributed by atoms with van der Waals surface area (Å²) in [7, 11) is 0. The maximum atomic E-state index is 15.5. The number of rotatable bonds is 21. The molecule has 0 aliphatic carbocycles. The molecule has 30 heteroatoms. The van der Waals surface area contributed by atoms with Gasteiger partial charge in [-0.15, -0.1) is 0 Å². The number of aromatic hydroxyl groups is 1. The summed E-state index contributed by atoms with van der Waals surface area (Å²) in [6, 6.07) is 15.3. The number of aromatic nitrogens is 1. The average Bonchev–Trinajstić information content (AvgIpc) is 1.80. The lowest BCUT2D eigenvalue weighted by molar-refractivity contribution is -0.142. The number of carbonyl (C=O) groups excluding carboxylic acids is 12. The van der Waals surface area contributed by atoms with Crippen LogP contribution in [0, 0.1) is 17.1 Å². The predicted molar refractivity (Wildman–Crippen MR) is 377 cm³/mol. The van der Waals surface area contributed by atoms with Crippen LogP contribution in [0.1, 0.15) is 81.5 Å². The van der Waals surface area contributed by atoms with Crippen LogP contribution in [0.5, 0.6) is 5.75 Å². The van der Waals surface area contributed by atoms with E-state index in [0.29, 0.717) is 39.6 Å². The molecular weight excluding hydrogens is 1330 g/mol. The molecule has 1 aromatic heterocycles. The van der Waals surface area contributed by atoms with Crippen molar-refractivity contribution in [1.82, 2.24) is 68.0 Å². The molecule has 0 radical (unpaired) electrons. The number of carbonyl (C=O) groups is 12. The van der Waals surface area contributed by atoms with E-state index in [9.17, 15) is 43.1 Å². The zero-order valence-electron chi connectivity index (χ0n) is 57.2. The van der Waals surface area contributed by atoms with Crippen molar-refractivity contribution in [2.45, 2.75) is 145 Å². The fourth-order valence-electron chi connectivity index (χ4n) is 12.8. The molecule has 0 spiro atoms. The van der Waals surface area contributed by atoms with Crippen molar-refractivity contribution in [3.63, 3.8) is 0 Å². The minimum atomic E-state index is -2.01. The predicted octanol–water partition coefficient (Wildman–Crippen LogP) is 0.407. The molecule has 3 aliphatic rings. The third-order valence-corrected chi connectivity index (χ3v) is 18.2. The maximum Gasteiger partial charge on any atom is 0.247 e. The minimum absolute atomic E-state index is 0.00242. The van der Waals surface area contributed by atoms with Gasteiger partial charge in [0.15, 0.2) is 5.96 Å². The van der Waals surface area contributed by atoms with Crippen LogP contribution in [0.4, 0.5) is 4.39 Å². The number of hydrogen-bond donors (Lipinski definition) is 15. The number of nitrogens with one attached hydrogen (secondary N) is 12. The summed E-state index contributed by atoms with van der Waals surface area (Å²) in [6.07, 6.45) is 3.04. The number of hydrogen-bond acceptors (Lipinski definition) is 14. The molecule has 5 aromatic carbocycles. The lowest BCUT2D eigenvalue weighted by Crippen LogP contribution is -2.61. The summed E-state index contributed by atoms with van der Waals surface area (Å²) in [5, 5.41) is 47.1. The van der Waals surface area contributed by atoms with Crippen molar-refractivity contribution in [3.05, 3.63) is 162 Å². The Morgan fingerprint density at radius 2 is 1.33 bits per heavy atom. The van der Waals surface area contributed by atoms with Crippen LogP contribution in [0.25, 0.3) is 21.7 Å². The molecule has 544 valence electrons. The van der Waals surface area contributed by atoms with E-state index in [4.69, 9.17) is 16.9 Å². The monoisotopic (exact) mass is 1410 g/mol. The Morgan fingerprint density at radius 3 is 2.03 bits per heavy atom. The summed E-state index contributed by atoms with van der Waals surface area (Å²) < 4.78 is 14.3. The molecule has 0 bridgehead atoms. The highest BCUT2D eigenvalue weighted by atomic mass is 19.1. The van der Waals surface area contributed by atoms with Crippen LogP contribution in [0.15, 0.2) is 134 Å². The van der Waals surface area contributed by atoms with Gasteiger partial charge in [0.25, 0.3) is 0 Å². The summed E-state index contributed by atoms with van der Waals surface area (Å²) in [6.45, 7) is 4.38. The Labute approximate surface area is 592 Å². The van der Waals surface area contributed by atoms with Crippen molar-refractivity contribution >= 4 is 98.5 Å². The quantitative estimate of drug-likeness (QED) is 0.0201. The number of aromatic amines is 1. The minimum Gasteiger partial charge on any atom is -0.508 e. The van der Waals surface area contributed by atoms with Gasteiger partial charge in [-0.3, -0.25) is 62.9 Å². The number of amides is 12. The highest BCUT2D eigenvalue weighted by Gasteiger charge is 2.42. The normalized spacial score (nSPS) is 21.6. The molecule has 17 N–H and O–H groups in total. The SMILES string of the molecule is CC(=O)N1CC=C[C@H]1C(=O)N[C@@H](Cc1ccc(F)cc1)C(=O)N[C@H](Cc1c[nH]c2ccccc12)C(=O)N[C@H]1CC(=O)NCC(C(N)=O)NC(=O)[C@@H]2CCCN2C(=O)[C@H](CCCNC(=N)N)NC(=O)[C@H](CC(C)C)NC(=O)[C@H](Cc2ccc3ccccc3c2)NC(=O)[C@H](Cc2ccc(O)cc2)NC1=O. The number of benzene rings is 5. The lowest BCUT2D eigenvalue weighted by atomic mass is 9.98. The Morgan fingerprint density at radius 1 is 0.699 bits per heavy atom. The number of halogens is 1. The number of H-pyrrole nitrogens is 1. The second kappa shape index (κ2) is 35.1. The van der Waals surface area contributed by atoms with Gasteiger partial charge in [-0.05, 0) is 101 Å². The van der Waals surface area contributed by atoms with Crippen LogP contribution < -0.4 is 64.6 Å². The van der Waals surface area contributed by atoms with Crippen LogP contribution in [0.2, 0.25) is 0 Å². The first kappa shape index (κ1) is 75.5. The molecule has 103 heavy (non-hydrogen) atoms. The van der Waals surface area contributed by atoms with Gasteiger partial charge in [0.05, 0.1) is 6.42 Å². The smallest absolute Gasteiger partial charge is 0.247 e. The molecule has 10 atom stereocenters. The number of phenolic OH excluding ortho intramolecular Hbond substituents is 1. The molecule has 1 unspecified atom stereocenters. The molecule has 2 fully saturated rings.